The monoisotopic (exact) mass is 245 g/mol. The van der Waals surface area contributed by atoms with E-state index in [9.17, 15) is 4.79 Å². The van der Waals surface area contributed by atoms with E-state index >= 15 is 0 Å². The number of Topliss-reactive ketones (excluding diaryl/α,β-unsaturated/α-hetero) is 1. The first kappa shape index (κ1) is 12.7. The normalized spacial score (nSPS) is 22.0. The number of hydrogen-bond acceptors (Lipinski definition) is 3. The van der Waals surface area contributed by atoms with Gasteiger partial charge in [0.15, 0.2) is 5.78 Å². The highest BCUT2D eigenvalue weighted by Gasteiger charge is 2.22. The molecule has 0 amide bonds. The Morgan fingerprint density at radius 2 is 2.17 bits per heavy atom. The van der Waals surface area contributed by atoms with Gasteiger partial charge in [-0.15, -0.1) is 0 Å². The summed E-state index contributed by atoms with van der Waals surface area (Å²) in [6, 6.07) is 7.69. The molecule has 0 aromatic heterocycles. The maximum atomic E-state index is 12.0. The molecule has 1 aromatic carbocycles. The van der Waals surface area contributed by atoms with Crippen molar-refractivity contribution in [2.24, 2.45) is 5.92 Å². The summed E-state index contributed by atoms with van der Waals surface area (Å²) < 4.78 is 5.26. The van der Waals surface area contributed by atoms with Crippen molar-refractivity contribution in [1.82, 2.24) is 0 Å². The molecule has 1 atom stereocenters. The number of ether oxygens (including phenoxy) is 1. The van der Waals surface area contributed by atoms with Gasteiger partial charge in [-0.3, -0.25) is 4.79 Å². The van der Waals surface area contributed by atoms with Crippen LogP contribution in [0.3, 0.4) is 0 Å². The summed E-state index contributed by atoms with van der Waals surface area (Å²) in [7, 11) is 1.64. The molecule has 96 valence electrons. The first-order valence-electron chi connectivity index (χ1n) is 6.35. The molecule has 0 saturated heterocycles. The van der Waals surface area contributed by atoms with E-state index in [1.54, 1.807) is 7.11 Å². The van der Waals surface area contributed by atoms with Gasteiger partial charge in [0.1, 0.15) is 5.75 Å². The number of carbonyl (C=O) groups is 1. The van der Waals surface area contributed by atoms with E-state index in [-0.39, 0.29) is 11.7 Å². The van der Waals surface area contributed by atoms with Gasteiger partial charge in [0.2, 0.25) is 0 Å². The number of carbonyl (C=O) groups excluding carboxylic acids is 1. The number of anilines is 1. The number of benzene rings is 1. The zero-order valence-corrected chi connectivity index (χ0v) is 10.9. The molecule has 0 bridgehead atoms. The number of methoxy groups -OCH3 is 1. The zero-order chi connectivity index (χ0) is 13.0. The molecule has 0 radical (unpaired) electrons. The molecule has 1 aliphatic rings. The van der Waals surface area contributed by atoms with Crippen molar-refractivity contribution in [1.29, 1.82) is 0 Å². The third-order valence-corrected chi connectivity index (χ3v) is 3.36. The van der Waals surface area contributed by atoms with Crippen LogP contribution >= 0.6 is 0 Å². The van der Waals surface area contributed by atoms with E-state index in [1.807, 2.05) is 37.4 Å². The second-order valence-electron chi connectivity index (χ2n) is 4.67. The number of hydrogen-bond donors (Lipinski definition) is 1. The Labute approximate surface area is 108 Å². The lowest BCUT2D eigenvalue weighted by atomic mass is 9.86. The molecule has 2 rings (SSSR count). The standard InChI is InChI=1S/C15H19NO2/c1-11-6-5-7-12(15(11)17)10-16-13-8-3-4-9-14(13)18-2/h3-4,8-11,16H,5-7H2,1-2H3/b12-10+/t11-/m0/s1. The van der Waals surface area contributed by atoms with Crippen LogP contribution in [0.15, 0.2) is 36.0 Å². The van der Waals surface area contributed by atoms with Crippen molar-refractivity contribution < 1.29 is 9.53 Å². The lowest BCUT2D eigenvalue weighted by Crippen LogP contribution is -2.19. The fourth-order valence-corrected chi connectivity index (χ4v) is 2.24. The van der Waals surface area contributed by atoms with E-state index in [0.717, 1.165) is 36.3 Å². The van der Waals surface area contributed by atoms with Crippen LogP contribution in [0.2, 0.25) is 0 Å². The number of allylic oxidation sites excluding steroid dienone is 1. The van der Waals surface area contributed by atoms with Crippen LogP contribution in [0.25, 0.3) is 0 Å². The summed E-state index contributed by atoms with van der Waals surface area (Å²) in [5.74, 6) is 1.21. The minimum atomic E-state index is 0.157. The number of ketones is 1. The Morgan fingerprint density at radius 1 is 1.39 bits per heavy atom. The Balaban J connectivity index is 2.12. The first-order valence-corrected chi connectivity index (χ1v) is 6.35. The van der Waals surface area contributed by atoms with E-state index in [2.05, 4.69) is 5.32 Å². The molecule has 0 aliphatic heterocycles. The van der Waals surface area contributed by atoms with Crippen LogP contribution in [-0.2, 0) is 4.79 Å². The van der Waals surface area contributed by atoms with Gasteiger partial charge >= 0.3 is 0 Å². The predicted molar refractivity (Wildman–Crippen MR) is 72.7 cm³/mol. The maximum Gasteiger partial charge on any atom is 0.163 e. The molecule has 1 saturated carbocycles. The summed E-state index contributed by atoms with van der Waals surface area (Å²) in [5, 5.41) is 3.18. The summed E-state index contributed by atoms with van der Waals surface area (Å²) in [4.78, 5) is 12.0. The highest BCUT2D eigenvalue weighted by atomic mass is 16.5. The van der Waals surface area contributed by atoms with Gasteiger partial charge < -0.3 is 10.1 Å². The Hall–Kier alpha value is -1.77. The van der Waals surface area contributed by atoms with E-state index in [0.29, 0.717) is 0 Å². The molecule has 3 heteroatoms. The molecular weight excluding hydrogens is 226 g/mol. The predicted octanol–water partition coefficient (Wildman–Crippen LogP) is 3.38. The quantitative estimate of drug-likeness (QED) is 0.830. The van der Waals surface area contributed by atoms with Crippen molar-refractivity contribution in [3.63, 3.8) is 0 Å². The molecule has 0 spiro atoms. The third kappa shape index (κ3) is 2.73. The number of para-hydroxylation sites is 2. The molecule has 0 unspecified atom stereocenters. The summed E-state index contributed by atoms with van der Waals surface area (Å²) in [5.41, 5.74) is 1.78. The van der Waals surface area contributed by atoms with Crippen molar-refractivity contribution in [3.8, 4) is 5.75 Å². The highest BCUT2D eigenvalue weighted by molar-refractivity contribution is 5.97. The maximum absolute atomic E-state index is 12.0. The fraction of sp³-hybridized carbons (Fsp3) is 0.400. The average molecular weight is 245 g/mol. The highest BCUT2D eigenvalue weighted by Crippen LogP contribution is 2.27. The summed E-state index contributed by atoms with van der Waals surface area (Å²) in [6.07, 6.45) is 4.79. The Kier molecular flexibility index (Phi) is 4.03. The smallest absolute Gasteiger partial charge is 0.163 e. The van der Waals surface area contributed by atoms with Crippen LogP contribution in [0.5, 0.6) is 5.75 Å². The SMILES string of the molecule is COc1ccccc1N/C=C1\CCC[C@H](C)C1=O. The van der Waals surface area contributed by atoms with Crippen LogP contribution in [0, 0.1) is 5.92 Å². The summed E-state index contributed by atoms with van der Waals surface area (Å²) in [6.45, 7) is 2.00. The van der Waals surface area contributed by atoms with Gasteiger partial charge in [-0.1, -0.05) is 19.1 Å². The second-order valence-corrected chi connectivity index (χ2v) is 4.67. The molecule has 0 heterocycles. The lowest BCUT2D eigenvalue weighted by molar-refractivity contribution is -0.119. The van der Waals surface area contributed by atoms with Crippen LogP contribution in [0.1, 0.15) is 26.2 Å². The van der Waals surface area contributed by atoms with Crippen molar-refractivity contribution >= 4 is 11.5 Å². The van der Waals surface area contributed by atoms with Gasteiger partial charge in [-0.2, -0.15) is 0 Å². The van der Waals surface area contributed by atoms with Crippen molar-refractivity contribution in [2.45, 2.75) is 26.2 Å². The van der Waals surface area contributed by atoms with Gasteiger partial charge in [-0.25, -0.2) is 0 Å². The van der Waals surface area contributed by atoms with Gasteiger partial charge in [0.25, 0.3) is 0 Å². The van der Waals surface area contributed by atoms with Crippen LogP contribution < -0.4 is 10.1 Å². The topological polar surface area (TPSA) is 38.3 Å². The largest absolute Gasteiger partial charge is 0.495 e. The lowest BCUT2D eigenvalue weighted by Gasteiger charge is -2.19. The van der Waals surface area contributed by atoms with Crippen molar-refractivity contribution in [3.05, 3.63) is 36.0 Å². The molecule has 3 nitrogen and oxygen atoms in total. The van der Waals surface area contributed by atoms with E-state index in [1.165, 1.54) is 0 Å². The minimum absolute atomic E-state index is 0.157. The Bertz CT molecular complexity index is 465. The molecular formula is C15H19NO2. The average Bonchev–Trinajstić information content (AvgIpc) is 2.41. The fourth-order valence-electron chi connectivity index (χ4n) is 2.24. The minimum Gasteiger partial charge on any atom is -0.495 e. The molecule has 1 N–H and O–H groups in total. The molecule has 1 fully saturated rings. The van der Waals surface area contributed by atoms with Gasteiger partial charge in [0.05, 0.1) is 12.8 Å². The molecule has 1 aromatic rings. The Morgan fingerprint density at radius 3 is 2.94 bits per heavy atom. The van der Waals surface area contributed by atoms with Crippen molar-refractivity contribution in [2.75, 3.05) is 12.4 Å². The van der Waals surface area contributed by atoms with Crippen LogP contribution in [-0.4, -0.2) is 12.9 Å². The zero-order valence-electron chi connectivity index (χ0n) is 10.9. The number of rotatable bonds is 3. The first-order chi connectivity index (χ1) is 8.72. The summed E-state index contributed by atoms with van der Waals surface area (Å²) >= 11 is 0. The molecule has 18 heavy (non-hydrogen) atoms. The number of nitrogens with one attached hydrogen (secondary N) is 1. The second kappa shape index (κ2) is 5.71. The van der Waals surface area contributed by atoms with Gasteiger partial charge in [-0.05, 0) is 31.4 Å². The van der Waals surface area contributed by atoms with Gasteiger partial charge in [0, 0.05) is 17.7 Å². The van der Waals surface area contributed by atoms with E-state index < -0.39 is 0 Å². The van der Waals surface area contributed by atoms with Crippen LogP contribution in [0.4, 0.5) is 5.69 Å². The third-order valence-electron chi connectivity index (χ3n) is 3.36. The molecule has 1 aliphatic carbocycles. The van der Waals surface area contributed by atoms with E-state index in [4.69, 9.17) is 4.74 Å².